The van der Waals surface area contributed by atoms with Gasteiger partial charge in [-0.3, -0.25) is 14.9 Å². The molecule has 0 saturated heterocycles. The molecule has 2 aromatic rings. The molecule has 0 bridgehead atoms. The smallest absolute Gasteiger partial charge is 0.282 e. The summed E-state index contributed by atoms with van der Waals surface area (Å²) in [6, 6.07) is 3.30. The highest BCUT2D eigenvalue weighted by molar-refractivity contribution is 5.98. The monoisotopic (exact) mass is 291 g/mol. The molecule has 1 amide bonds. The molecule has 21 heavy (non-hydrogen) atoms. The van der Waals surface area contributed by atoms with Crippen molar-refractivity contribution in [3.63, 3.8) is 0 Å². The van der Waals surface area contributed by atoms with E-state index in [4.69, 9.17) is 4.52 Å². The molecule has 8 heteroatoms. The molecule has 0 aliphatic rings. The van der Waals surface area contributed by atoms with Crippen molar-refractivity contribution in [3.8, 4) is 5.75 Å². The molecule has 0 atom stereocenters. The lowest BCUT2D eigenvalue weighted by Gasteiger charge is -2.06. The highest BCUT2D eigenvalue weighted by Crippen LogP contribution is 2.23. The molecule has 0 fully saturated rings. The first-order valence-corrected chi connectivity index (χ1v) is 6.07. The number of nitro groups is 1. The maximum atomic E-state index is 12.1. The minimum Gasteiger partial charge on any atom is -0.508 e. The van der Waals surface area contributed by atoms with Crippen LogP contribution in [-0.2, 0) is 6.54 Å². The van der Waals surface area contributed by atoms with Gasteiger partial charge in [-0.2, -0.15) is 0 Å². The first kappa shape index (κ1) is 14.5. The highest BCUT2D eigenvalue weighted by atomic mass is 16.6. The number of hydrogen-bond acceptors (Lipinski definition) is 6. The lowest BCUT2D eigenvalue weighted by molar-refractivity contribution is -0.385. The number of benzene rings is 1. The van der Waals surface area contributed by atoms with Crippen LogP contribution in [0, 0.1) is 24.0 Å². The summed E-state index contributed by atoms with van der Waals surface area (Å²) in [6.45, 7) is 3.57. The number of carbonyl (C=O) groups is 1. The quantitative estimate of drug-likeness (QED) is 0.655. The molecule has 8 nitrogen and oxygen atoms in total. The van der Waals surface area contributed by atoms with Gasteiger partial charge >= 0.3 is 0 Å². The summed E-state index contributed by atoms with van der Waals surface area (Å²) >= 11 is 0. The summed E-state index contributed by atoms with van der Waals surface area (Å²) in [5.74, 6) is -0.307. The number of nitrogens with one attached hydrogen (secondary N) is 1. The highest BCUT2D eigenvalue weighted by Gasteiger charge is 2.21. The van der Waals surface area contributed by atoms with Crippen LogP contribution in [0.4, 0.5) is 5.69 Å². The van der Waals surface area contributed by atoms with Crippen LogP contribution in [0.25, 0.3) is 0 Å². The third-order valence-corrected chi connectivity index (χ3v) is 3.03. The molecule has 2 N–H and O–H groups in total. The maximum absolute atomic E-state index is 12.1. The summed E-state index contributed by atoms with van der Waals surface area (Å²) < 4.78 is 4.96. The standard InChI is InChI=1S/C13H13N3O5/c1-7-11(8(2)21-15-7)6-14-13(18)10-5-9(17)3-4-12(10)16(19)20/h3-5,17H,6H2,1-2H3,(H,14,18). The molecule has 0 unspecified atom stereocenters. The van der Waals surface area contributed by atoms with Gasteiger partial charge in [-0.05, 0) is 26.0 Å². The van der Waals surface area contributed by atoms with Crippen LogP contribution in [-0.4, -0.2) is 21.1 Å². The predicted octanol–water partition coefficient (Wildman–Crippen LogP) is 1.84. The van der Waals surface area contributed by atoms with E-state index in [1.807, 2.05) is 0 Å². The fraction of sp³-hybridized carbons (Fsp3) is 0.231. The minimum atomic E-state index is -0.676. The Morgan fingerprint density at radius 1 is 1.48 bits per heavy atom. The van der Waals surface area contributed by atoms with Gasteiger partial charge < -0.3 is 14.9 Å². The van der Waals surface area contributed by atoms with Crippen LogP contribution in [0.2, 0.25) is 0 Å². The van der Waals surface area contributed by atoms with Crippen LogP contribution in [0.1, 0.15) is 27.4 Å². The molecule has 2 rings (SSSR count). The number of amides is 1. The largest absolute Gasteiger partial charge is 0.508 e. The summed E-state index contributed by atoms with van der Waals surface area (Å²) in [5.41, 5.74) is 0.778. The zero-order valence-corrected chi connectivity index (χ0v) is 11.4. The number of phenols is 1. The van der Waals surface area contributed by atoms with Crippen LogP contribution in [0.3, 0.4) is 0 Å². The van der Waals surface area contributed by atoms with E-state index < -0.39 is 10.8 Å². The van der Waals surface area contributed by atoms with E-state index >= 15 is 0 Å². The second-order valence-electron chi connectivity index (χ2n) is 4.44. The van der Waals surface area contributed by atoms with E-state index in [2.05, 4.69) is 10.5 Å². The summed E-state index contributed by atoms with van der Waals surface area (Å²) in [4.78, 5) is 22.3. The Hall–Kier alpha value is -2.90. The van der Waals surface area contributed by atoms with E-state index in [0.29, 0.717) is 17.0 Å². The molecule has 1 aromatic heterocycles. The first-order valence-electron chi connectivity index (χ1n) is 6.07. The Balaban J connectivity index is 2.21. The average Bonchev–Trinajstić information content (AvgIpc) is 2.75. The van der Waals surface area contributed by atoms with E-state index in [1.54, 1.807) is 13.8 Å². The van der Waals surface area contributed by atoms with E-state index in [1.165, 1.54) is 0 Å². The Morgan fingerprint density at radius 3 is 2.76 bits per heavy atom. The van der Waals surface area contributed by atoms with E-state index in [-0.39, 0.29) is 23.5 Å². The maximum Gasteiger partial charge on any atom is 0.282 e. The summed E-state index contributed by atoms with van der Waals surface area (Å²) in [6.07, 6.45) is 0. The SMILES string of the molecule is Cc1noc(C)c1CNC(=O)c1cc(O)ccc1[N+](=O)[O-]. The Kier molecular flexibility index (Phi) is 3.88. The predicted molar refractivity (Wildman–Crippen MR) is 71.9 cm³/mol. The van der Waals surface area contributed by atoms with Crippen molar-refractivity contribution in [2.24, 2.45) is 0 Å². The topological polar surface area (TPSA) is 118 Å². The van der Waals surface area contributed by atoms with E-state index in [9.17, 15) is 20.0 Å². The molecule has 0 radical (unpaired) electrons. The van der Waals surface area contributed by atoms with Gasteiger partial charge in [-0.15, -0.1) is 0 Å². The van der Waals surface area contributed by atoms with Gasteiger partial charge in [0, 0.05) is 18.2 Å². The molecule has 0 aliphatic heterocycles. The van der Waals surface area contributed by atoms with Gasteiger partial charge in [0.05, 0.1) is 10.6 Å². The summed E-state index contributed by atoms with van der Waals surface area (Å²) in [7, 11) is 0. The number of nitrogens with zero attached hydrogens (tertiary/aromatic N) is 2. The van der Waals surface area contributed by atoms with Crippen molar-refractivity contribution in [2.75, 3.05) is 0 Å². The third-order valence-electron chi connectivity index (χ3n) is 3.03. The number of rotatable bonds is 4. The molecule has 0 saturated carbocycles. The van der Waals surface area contributed by atoms with Crippen molar-refractivity contribution in [1.82, 2.24) is 10.5 Å². The van der Waals surface area contributed by atoms with Gasteiger partial charge in [-0.25, -0.2) is 0 Å². The Labute approximate surface area is 119 Å². The van der Waals surface area contributed by atoms with Crippen LogP contribution in [0.15, 0.2) is 22.7 Å². The fourth-order valence-electron chi connectivity index (χ4n) is 1.88. The van der Waals surface area contributed by atoms with Gasteiger partial charge in [0.25, 0.3) is 11.6 Å². The van der Waals surface area contributed by atoms with E-state index in [0.717, 1.165) is 18.2 Å². The Morgan fingerprint density at radius 2 is 2.19 bits per heavy atom. The molecular formula is C13H13N3O5. The first-order chi connectivity index (χ1) is 9.90. The van der Waals surface area contributed by atoms with Gasteiger partial charge in [0.2, 0.25) is 0 Å². The average molecular weight is 291 g/mol. The van der Waals surface area contributed by atoms with Crippen LogP contribution < -0.4 is 5.32 Å². The van der Waals surface area contributed by atoms with Gasteiger partial charge in [-0.1, -0.05) is 5.16 Å². The second-order valence-corrected chi connectivity index (χ2v) is 4.44. The normalized spacial score (nSPS) is 10.4. The number of aromatic hydroxyl groups is 1. The van der Waals surface area contributed by atoms with Gasteiger partial charge in [0.1, 0.15) is 17.1 Å². The van der Waals surface area contributed by atoms with Crippen LogP contribution >= 0.6 is 0 Å². The van der Waals surface area contributed by atoms with Crippen LogP contribution in [0.5, 0.6) is 5.75 Å². The van der Waals surface area contributed by atoms with Crippen molar-refractivity contribution in [2.45, 2.75) is 20.4 Å². The summed E-state index contributed by atoms with van der Waals surface area (Å²) in [5, 5.41) is 26.6. The lowest BCUT2D eigenvalue weighted by Crippen LogP contribution is -2.24. The molecular weight excluding hydrogens is 278 g/mol. The zero-order chi connectivity index (χ0) is 15.6. The number of nitro benzene ring substituents is 1. The zero-order valence-electron chi connectivity index (χ0n) is 11.4. The Bertz CT molecular complexity index is 688. The fourth-order valence-corrected chi connectivity index (χ4v) is 1.88. The molecule has 0 spiro atoms. The second kappa shape index (κ2) is 5.61. The number of hydrogen-bond donors (Lipinski definition) is 2. The molecule has 110 valence electrons. The number of carbonyl (C=O) groups excluding carboxylic acids is 1. The van der Waals surface area contributed by atoms with Gasteiger partial charge in [0.15, 0.2) is 0 Å². The minimum absolute atomic E-state index is 0.132. The number of phenolic OH excluding ortho intramolecular Hbond substituents is 1. The number of aromatic nitrogens is 1. The van der Waals surface area contributed by atoms with Crippen molar-refractivity contribution >= 4 is 11.6 Å². The van der Waals surface area contributed by atoms with Crippen molar-refractivity contribution < 1.29 is 19.3 Å². The van der Waals surface area contributed by atoms with Crippen molar-refractivity contribution in [1.29, 1.82) is 0 Å². The number of aryl methyl sites for hydroxylation is 2. The lowest BCUT2D eigenvalue weighted by atomic mass is 10.1. The molecule has 0 aliphatic carbocycles. The van der Waals surface area contributed by atoms with Crippen molar-refractivity contribution in [3.05, 3.63) is 50.9 Å². The molecule has 1 aromatic carbocycles. The third kappa shape index (κ3) is 2.99. The molecule has 1 heterocycles.